The molecular formula is C12H15NO4. The molecule has 0 aliphatic carbocycles. The van der Waals surface area contributed by atoms with Crippen LogP contribution in [-0.4, -0.2) is 37.3 Å². The van der Waals surface area contributed by atoms with E-state index in [4.69, 9.17) is 14.3 Å². The number of hydroxylamine groups is 2. The van der Waals surface area contributed by atoms with E-state index in [2.05, 4.69) is 0 Å². The summed E-state index contributed by atoms with van der Waals surface area (Å²) >= 11 is 0. The number of hydrogen-bond acceptors (Lipinski definition) is 4. The Morgan fingerprint density at radius 3 is 2.71 bits per heavy atom. The summed E-state index contributed by atoms with van der Waals surface area (Å²) in [5.41, 5.74) is -1.06. The summed E-state index contributed by atoms with van der Waals surface area (Å²) in [5, 5.41) is 1.14. The highest BCUT2D eigenvalue weighted by Gasteiger charge is 2.42. The minimum Gasteiger partial charge on any atom is -0.485 e. The Balaban J connectivity index is 2.23. The molecule has 5 nitrogen and oxygen atoms in total. The Morgan fingerprint density at radius 1 is 1.41 bits per heavy atom. The third-order valence-corrected chi connectivity index (χ3v) is 2.70. The summed E-state index contributed by atoms with van der Waals surface area (Å²) in [6.45, 7) is 1.84. The highest BCUT2D eigenvalue weighted by Crippen LogP contribution is 2.35. The zero-order valence-corrected chi connectivity index (χ0v) is 10.1. The fourth-order valence-electron chi connectivity index (χ4n) is 1.66. The van der Waals surface area contributed by atoms with E-state index in [1.807, 2.05) is 12.1 Å². The van der Waals surface area contributed by atoms with E-state index < -0.39 is 5.60 Å². The monoisotopic (exact) mass is 237 g/mol. The largest absolute Gasteiger partial charge is 0.485 e. The van der Waals surface area contributed by atoms with E-state index in [0.717, 1.165) is 5.06 Å². The van der Waals surface area contributed by atoms with Crippen LogP contribution in [0.25, 0.3) is 0 Å². The number of amides is 1. The SMILES string of the molecule is CON(C)C(=O)C1(C)COc2ccccc2O1. The van der Waals surface area contributed by atoms with Crippen molar-refractivity contribution in [1.29, 1.82) is 0 Å². The molecule has 92 valence electrons. The van der Waals surface area contributed by atoms with Gasteiger partial charge in [0.05, 0.1) is 7.11 Å². The van der Waals surface area contributed by atoms with Gasteiger partial charge in [-0.25, -0.2) is 5.06 Å². The summed E-state index contributed by atoms with van der Waals surface area (Å²) in [7, 11) is 2.97. The first kappa shape index (κ1) is 11.7. The van der Waals surface area contributed by atoms with Crippen LogP contribution in [0.5, 0.6) is 11.5 Å². The molecular weight excluding hydrogens is 222 g/mol. The van der Waals surface area contributed by atoms with Gasteiger partial charge in [0.2, 0.25) is 5.60 Å². The minimum atomic E-state index is -1.06. The first-order valence-electron chi connectivity index (χ1n) is 5.30. The summed E-state index contributed by atoms with van der Waals surface area (Å²) in [5.74, 6) is 0.937. The van der Waals surface area contributed by atoms with Crippen LogP contribution in [0.1, 0.15) is 6.92 Å². The number of carbonyl (C=O) groups is 1. The molecule has 1 unspecified atom stereocenters. The summed E-state index contributed by atoms with van der Waals surface area (Å²) in [6.07, 6.45) is 0. The summed E-state index contributed by atoms with van der Waals surface area (Å²) in [4.78, 5) is 16.9. The van der Waals surface area contributed by atoms with Crippen LogP contribution in [0.15, 0.2) is 24.3 Å². The van der Waals surface area contributed by atoms with Gasteiger partial charge in [0, 0.05) is 7.05 Å². The van der Waals surface area contributed by atoms with Gasteiger partial charge >= 0.3 is 0 Å². The van der Waals surface area contributed by atoms with Crippen molar-refractivity contribution in [2.75, 3.05) is 20.8 Å². The molecule has 1 aromatic rings. The van der Waals surface area contributed by atoms with Gasteiger partial charge in [0.1, 0.15) is 6.61 Å². The summed E-state index contributed by atoms with van der Waals surface area (Å²) in [6, 6.07) is 7.26. The van der Waals surface area contributed by atoms with Crippen LogP contribution in [0.3, 0.4) is 0 Å². The highest BCUT2D eigenvalue weighted by atomic mass is 16.7. The van der Waals surface area contributed by atoms with Gasteiger partial charge in [-0.15, -0.1) is 0 Å². The fourth-order valence-corrected chi connectivity index (χ4v) is 1.66. The standard InChI is InChI=1S/C12H15NO4/c1-12(11(14)13(2)15-3)8-16-9-6-4-5-7-10(9)17-12/h4-7H,8H2,1-3H3. The molecule has 17 heavy (non-hydrogen) atoms. The number of rotatable bonds is 2. The van der Waals surface area contributed by atoms with Crippen molar-refractivity contribution in [2.45, 2.75) is 12.5 Å². The molecule has 1 aliphatic rings. The molecule has 0 bridgehead atoms. The molecule has 1 heterocycles. The lowest BCUT2D eigenvalue weighted by atomic mass is 10.1. The number of likely N-dealkylation sites (N-methyl/N-ethyl adjacent to an activating group) is 1. The highest BCUT2D eigenvalue weighted by molar-refractivity contribution is 5.84. The smallest absolute Gasteiger partial charge is 0.293 e. The Bertz CT molecular complexity index is 434. The molecule has 1 amide bonds. The van der Waals surface area contributed by atoms with E-state index in [1.165, 1.54) is 14.2 Å². The Morgan fingerprint density at radius 2 is 2.06 bits per heavy atom. The molecule has 0 fully saturated rings. The number of hydrogen-bond donors (Lipinski definition) is 0. The molecule has 0 saturated carbocycles. The van der Waals surface area contributed by atoms with Crippen LogP contribution in [-0.2, 0) is 9.63 Å². The number of carbonyl (C=O) groups excluding carboxylic acids is 1. The van der Waals surface area contributed by atoms with Gasteiger partial charge in [-0.05, 0) is 19.1 Å². The minimum absolute atomic E-state index is 0.163. The number of para-hydroxylation sites is 2. The van der Waals surface area contributed by atoms with Crippen molar-refractivity contribution in [2.24, 2.45) is 0 Å². The van der Waals surface area contributed by atoms with Crippen molar-refractivity contribution in [3.8, 4) is 11.5 Å². The topological polar surface area (TPSA) is 48.0 Å². The molecule has 5 heteroatoms. The van der Waals surface area contributed by atoms with Crippen LogP contribution in [0, 0.1) is 0 Å². The number of benzene rings is 1. The molecule has 0 radical (unpaired) electrons. The van der Waals surface area contributed by atoms with Crippen LogP contribution < -0.4 is 9.47 Å². The average Bonchev–Trinajstić information content (AvgIpc) is 2.36. The number of fused-ring (bicyclic) bond motifs is 1. The maximum Gasteiger partial charge on any atom is 0.293 e. The molecule has 1 aromatic carbocycles. The van der Waals surface area contributed by atoms with Crippen molar-refractivity contribution in [3.05, 3.63) is 24.3 Å². The quantitative estimate of drug-likeness (QED) is 0.726. The van der Waals surface area contributed by atoms with Crippen LogP contribution in [0.2, 0.25) is 0 Å². The third-order valence-electron chi connectivity index (χ3n) is 2.70. The molecule has 1 aliphatic heterocycles. The lowest BCUT2D eigenvalue weighted by molar-refractivity contribution is -0.188. The second-order valence-electron chi connectivity index (χ2n) is 4.05. The van der Waals surface area contributed by atoms with Crippen molar-refractivity contribution >= 4 is 5.91 Å². The van der Waals surface area contributed by atoms with E-state index in [-0.39, 0.29) is 12.5 Å². The second-order valence-corrected chi connectivity index (χ2v) is 4.05. The fraction of sp³-hybridized carbons (Fsp3) is 0.417. The molecule has 0 N–H and O–H groups in total. The van der Waals surface area contributed by atoms with E-state index >= 15 is 0 Å². The first-order chi connectivity index (χ1) is 8.07. The van der Waals surface area contributed by atoms with Gasteiger partial charge in [0.15, 0.2) is 11.5 Å². The van der Waals surface area contributed by atoms with Crippen molar-refractivity contribution in [3.63, 3.8) is 0 Å². The zero-order chi connectivity index (χ0) is 12.5. The molecule has 0 spiro atoms. The summed E-state index contributed by atoms with van der Waals surface area (Å²) < 4.78 is 11.2. The Labute approximate surface area is 99.8 Å². The Kier molecular flexibility index (Phi) is 2.93. The Hall–Kier alpha value is -1.75. The van der Waals surface area contributed by atoms with E-state index in [0.29, 0.717) is 11.5 Å². The first-order valence-corrected chi connectivity index (χ1v) is 5.30. The van der Waals surface area contributed by atoms with Crippen molar-refractivity contribution < 1.29 is 19.1 Å². The lowest BCUT2D eigenvalue weighted by Gasteiger charge is -2.35. The average molecular weight is 237 g/mol. The number of ether oxygens (including phenoxy) is 2. The van der Waals surface area contributed by atoms with Gasteiger partial charge in [0.25, 0.3) is 5.91 Å². The zero-order valence-electron chi connectivity index (χ0n) is 10.1. The van der Waals surface area contributed by atoms with Gasteiger partial charge in [-0.3, -0.25) is 9.63 Å². The molecule has 0 saturated heterocycles. The van der Waals surface area contributed by atoms with Gasteiger partial charge in [-0.2, -0.15) is 0 Å². The lowest BCUT2D eigenvalue weighted by Crippen LogP contribution is -2.54. The second kappa shape index (κ2) is 4.25. The predicted octanol–water partition coefficient (Wildman–Crippen LogP) is 1.24. The molecule has 1 atom stereocenters. The normalized spacial score (nSPS) is 22.1. The molecule has 2 rings (SSSR count). The van der Waals surface area contributed by atoms with Gasteiger partial charge in [-0.1, -0.05) is 12.1 Å². The maximum atomic E-state index is 12.1. The van der Waals surface area contributed by atoms with Crippen LogP contribution in [0.4, 0.5) is 0 Å². The van der Waals surface area contributed by atoms with Gasteiger partial charge < -0.3 is 9.47 Å². The van der Waals surface area contributed by atoms with Crippen molar-refractivity contribution in [1.82, 2.24) is 5.06 Å². The maximum absolute atomic E-state index is 12.1. The van der Waals surface area contributed by atoms with E-state index in [9.17, 15) is 4.79 Å². The number of nitrogens with zero attached hydrogens (tertiary/aromatic N) is 1. The molecule has 0 aromatic heterocycles. The van der Waals surface area contributed by atoms with E-state index in [1.54, 1.807) is 19.1 Å². The van der Waals surface area contributed by atoms with Crippen LogP contribution >= 0.6 is 0 Å². The third kappa shape index (κ3) is 2.06. The predicted molar refractivity (Wildman–Crippen MR) is 60.7 cm³/mol.